The largest absolute Gasteiger partial charge is 0.461 e. The van der Waals surface area contributed by atoms with E-state index in [-0.39, 0.29) is 12.1 Å². The summed E-state index contributed by atoms with van der Waals surface area (Å²) in [4.78, 5) is 19.9. The fourth-order valence-corrected chi connectivity index (χ4v) is 2.87. The smallest absolute Gasteiger partial charge is 0.324 e. The van der Waals surface area contributed by atoms with Crippen LogP contribution in [0.25, 0.3) is 0 Å². The molecule has 1 aromatic heterocycles. The number of nitrogens with one attached hydrogen (secondary N) is 1. The molecule has 2 unspecified atom stereocenters. The fourth-order valence-electron chi connectivity index (χ4n) is 2.74. The van der Waals surface area contributed by atoms with Crippen molar-refractivity contribution in [3.8, 4) is 0 Å². The van der Waals surface area contributed by atoms with E-state index in [1.54, 1.807) is 24.5 Å². The maximum Gasteiger partial charge on any atom is 0.324 e. The van der Waals surface area contributed by atoms with E-state index in [9.17, 15) is 4.79 Å². The molecule has 1 aliphatic heterocycles. The number of ether oxygens (including phenoxy) is 1. The zero-order valence-electron chi connectivity index (χ0n) is 11.1. The Kier molecular flexibility index (Phi) is 3.26. The van der Waals surface area contributed by atoms with Crippen LogP contribution in [0.2, 0.25) is 5.02 Å². The third-order valence-corrected chi connectivity index (χ3v) is 4.10. The molecule has 20 heavy (non-hydrogen) atoms. The Morgan fingerprint density at radius 1 is 1.45 bits per heavy atom. The van der Waals surface area contributed by atoms with Gasteiger partial charge in [0.05, 0.1) is 0 Å². The summed E-state index contributed by atoms with van der Waals surface area (Å²) < 4.78 is 5.50. The molecule has 0 radical (unpaired) electrons. The summed E-state index contributed by atoms with van der Waals surface area (Å²) in [5.74, 6) is 0.377. The van der Waals surface area contributed by atoms with Crippen LogP contribution in [0.1, 0.15) is 31.2 Å². The Labute approximate surface area is 122 Å². The van der Waals surface area contributed by atoms with Gasteiger partial charge < -0.3 is 9.72 Å². The number of esters is 1. The number of halogens is 1. The minimum absolute atomic E-state index is 0.0803. The first-order valence-corrected chi connectivity index (χ1v) is 7.01. The van der Waals surface area contributed by atoms with Gasteiger partial charge >= 0.3 is 5.97 Å². The number of carbonyl (C=O) groups excluding carboxylic acids is 1. The van der Waals surface area contributed by atoms with Gasteiger partial charge in [-0.3, -0.25) is 4.79 Å². The first kappa shape index (κ1) is 13.2. The number of benzene rings is 1. The highest BCUT2D eigenvalue weighted by molar-refractivity contribution is 6.30. The van der Waals surface area contributed by atoms with Gasteiger partial charge in [-0.25, -0.2) is 4.98 Å². The number of imidazole rings is 1. The second-order valence-electron chi connectivity index (χ2n) is 4.99. The number of hydrogen-bond acceptors (Lipinski definition) is 3. The Morgan fingerprint density at radius 2 is 2.20 bits per heavy atom. The van der Waals surface area contributed by atoms with Crippen LogP contribution in [-0.4, -0.2) is 22.0 Å². The number of rotatable bonds is 3. The summed E-state index contributed by atoms with van der Waals surface area (Å²) in [6.45, 7) is 2.01. The number of H-pyrrole nitrogens is 1. The van der Waals surface area contributed by atoms with Crippen molar-refractivity contribution < 1.29 is 9.53 Å². The zero-order chi connectivity index (χ0) is 14.2. The van der Waals surface area contributed by atoms with Crippen LogP contribution < -0.4 is 0 Å². The van der Waals surface area contributed by atoms with E-state index in [0.717, 1.165) is 12.0 Å². The second kappa shape index (κ2) is 4.94. The van der Waals surface area contributed by atoms with Crippen molar-refractivity contribution >= 4 is 17.6 Å². The van der Waals surface area contributed by atoms with Crippen LogP contribution in [-0.2, 0) is 14.9 Å². The Hall–Kier alpha value is -1.81. The number of aromatic amines is 1. The van der Waals surface area contributed by atoms with E-state index in [1.165, 1.54) is 0 Å². The Bertz CT molecular complexity index is 609. The summed E-state index contributed by atoms with van der Waals surface area (Å²) in [5, 5.41) is 0.641. The minimum atomic E-state index is -0.852. The molecule has 3 rings (SSSR count). The third-order valence-electron chi connectivity index (χ3n) is 3.85. The standard InChI is InChI=1S/C15H15ClN2O2/c1-2-12-9-15(14(19)20-12,13-17-7-8-18-13)10-3-5-11(16)6-4-10/h3-8,12H,2,9H2,1H3,(H,17,18). The summed E-state index contributed by atoms with van der Waals surface area (Å²) >= 11 is 5.94. The lowest BCUT2D eigenvalue weighted by molar-refractivity contribution is -0.144. The minimum Gasteiger partial charge on any atom is -0.461 e. The van der Waals surface area contributed by atoms with E-state index in [1.807, 2.05) is 19.1 Å². The third kappa shape index (κ3) is 1.91. The molecule has 0 bridgehead atoms. The molecular formula is C15H15ClN2O2. The maximum atomic E-state index is 12.5. The number of carbonyl (C=O) groups is 1. The van der Waals surface area contributed by atoms with Crippen LogP contribution in [0.3, 0.4) is 0 Å². The predicted molar refractivity (Wildman–Crippen MR) is 75.6 cm³/mol. The van der Waals surface area contributed by atoms with Gasteiger partial charge in [-0.05, 0) is 24.1 Å². The summed E-state index contributed by atoms with van der Waals surface area (Å²) in [6, 6.07) is 7.30. The Balaban J connectivity index is 2.14. The molecule has 0 saturated carbocycles. The highest BCUT2D eigenvalue weighted by Gasteiger charge is 2.53. The molecule has 2 atom stereocenters. The van der Waals surface area contributed by atoms with Crippen molar-refractivity contribution in [1.29, 1.82) is 0 Å². The highest BCUT2D eigenvalue weighted by Crippen LogP contribution is 2.42. The quantitative estimate of drug-likeness (QED) is 0.884. The van der Waals surface area contributed by atoms with Crippen molar-refractivity contribution in [3.05, 3.63) is 53.1 Å². The molecule has 1 N–H and O–H groups in total. The van der Waals surface area contributed by atoms with Crippen LogP contribution >= 0.6 is 11.6 Å². The number of nitrogens with zero attached hydrogens (tertiary/aromatic N) is 1. The van der Waals surface area contributed by atoms with Gasteiger partial charge in [0.15, 0.2) is 5.41 Å². The van der Waals surface area contributed by atoms with Gasteiger partial charge in [0, 0.05) is 23.8 Å². The monoisotopic (exact) mass is 290 g/mol. The molecule has 1 fully saturated rings. The van der Waals surface area contributed by atoms with Gasteiger partial charge in [0.2, 0.25) is 0 Å². The lowest BCUT2D eigenvalue weighted by atomic mass is 9.77. The SMILES string of the molecule is CCC1CC(c2ccc(Cl)cc2)(c2ncc[nH]2)C(=O)O1. The molecule has 2 aromatic rings. The van der Waals surface area contributed by atoms with E-state index < -0.39 is 5.41 Å². The van der Waals surface area contributed by atoms with E-state index >= 15 is 0 Å². The van der Waals surface area contributed by atoms with Gasteiger partial charge in [0.1, 0.15) is 11.9 Å². The Morgan fingerprint density at radius 3 is 2.75 bits per heavy atom. The molecule has 1 aromatic carbocycles. The van der Waals surface area contributed by atoms with Gasteiger partial charge in [-0.15, -0.1) is 0 Å². The second-order valence-corrected chi connectivity index (χ2v) is 5.43. The molecule has 5 heteroatoms. The zero-order valence-corrected chi connectivity index (χ0v) is 11.9. The topological polar surface area (TPSA) is 55.0 Å². The number of hydrogen-bond donors (Lipinski definition) is 1. The molecule has 2 heterocycles. The first-order valence-electron chi connectivity index (χ1n) is 6.64. The number of aromatic nitrogens is 2. The van der Waals surface area contributed by atoms with E-state index in [0.29, 0.717) is 17.3 Å². The van der Waals surface area contributed by atoms with E-state index in [2.05, 4.69) is 9.97 Å². The normalized spacial score (nSPS) is 25.7. The number of cyclic esters (lactones) is 1. The van der Waals surface area contributed by atoms with Crippen molar-refractivity contribution in [3.63, 3.8) is 0 Å². The fraction of sp³-hybridized carbons (Fsp3) is 0.333. The van der Waals surface area contributed by atoms with Crippen molar-refractivity contribution in [2.24, 2.45) is 0 Å². The summed E-state index contributed by atoms with van der Waals surface area (Å²) in [5.41, 5.74) is 0.00666. The first-order chi connectivity index (χ1) is 9.66. The van der Waals surface area contributed by atoms with Crippen molar-refractivity contribution in [2.45, 2.75) is 31.3 Å². The molecule has 0 spiro atoms. The molecule has 104 valence electrons. The van der Waals surface area contributed by atoms with Crippen LogP contribution in [0, 0.1) is 0 Å². The van der Waals surface area contributed by atoms with Crippen molar-refractivity contribution in [1.82, 2.24) is 9.97 Å². The average Bonchev–Trinajstić information content (AvgIpc) is 3.08. The van der Waals surface area contributed by atoms with Crippen LogP contribution in [0.4, 0.5) is 0 Å². The molecule has 0 amide bonds. The summed E-state index contributed by atoms with van der Waals surface area (Å²) in [7, 11) is 0. The average molecular weight is 291 g/mol. The highest BCUT2D eigenvalue weighted by atomic mass is 35.5. The molecule has 1 aliphatic rings. The maximum absolute atomic E-state index is 12.5. The lowest BCUT2D eigenvalue weighted by Crippen LogP contribution is -2.34. The van der Waals surface area contributed by atoms with Gasteiger partial charge in [-0.1, -0.05) is 30.7 Å². The van der Waals surface area contributed by atoms with Gasteiger partial charge in [-0.2, -0.15) is 0 Å². The molecule has 0 aliphatic carbocycles. The van der Waals surface area contributed by atoms with Crippen LogP contribution in [0.15, 0.2) is 36.7 Å². The molecular weight excluding hydrogens is 276 g/mol. The van der Waals surface area contributed by atoms with Crippen LogP contribution in [0.5, 0.6) is 0 Å². The molecule has 4 nitrogen and oxygen atoms in total. The van der Waals surface area contributed by atoms with Crippen molar-refractivity contribution in [2.75, 3.05) is 0 Å². The van der Waals surface area contributed by atoms with E-state index in [4.69, 9.17) is 16.3 Å². The van der Waals surface area contributed by atoms with Gasteiger partial charge in [0.25, 0.3) is 0 Å². The summed E-state index contributed by atoms with van der Waals surface area (Å²) in [6.07, 6.45) is 4.68. The molecule has 1 saturated heterocycles. The predicted octanol–water partition coefficient (Wildman–Crippen LogP) is 3.07. The lowest BCUT2D eigenvalue weighted by Gasteiger charge is -2.23.